The Hall–Kier alpha value is -1.87. The molecular weight excluding hydrogens is 260 g/mol. The lowest BCUT2D eigenvalue weighted by atomic mass is 9.99. The number of nitrogens with one attached hydrogen (secondary N) is 1. The van der Waals surface area contributed by atoms with E-state index in [-0.39, 0.29) is 6.04 Å². The second kappa shape index (κ2) is 7.79. The predicted octanol–water partition coefficient (Wildman–Crippen LogP) is 3.68. The summed E-state index contributed by atoms with van der Waals surface area (Å²) < 4.78 is 5.47. The van der Waals surface area contributed by atoms with Crippen LogP contribution in [-0.2, 0) is 6.42 Å². The lowest BCUT2D eigenvalue weighted by molar-refractivity contribution is 0.404. The molecule has 2 rings (SSSR count). The number of aromatic nitrogens is 1. The van der Waals surface area contributed by atoms with Crippen molar-refractivity contribution in [2.75, 3.05) is 13.7 Å². The number of methoxy groups -OCH3 is 1. The van der Waals surface area contributed by atoms with Crippen LogP contribution in [0, 0.1) is 6.92 Å². The summed E-state index contributed by atoms with van der Waals surface area (Å²) in [5.41, 5.74) is 3.55. The SMILES string of the molecule is CCCNC(Cc1ccccc1OC)c1ncccc1C. The zero-order valence-electron chi connectivity index (χ0n) is 13.1. The monoisotopic (exact) mass is 284 g/mol. The number of hydrogen-bond donors (Lipinski definition) is 1. The van der Waals surface area contributed by atoms with Gasteiger partial charge in [-0.15, -0.1) is 0 Å². The molecule has 1 heterocycles. The molecule has 0 aliphatic carbocycles. The topological polar surface area (TPSA) is 34.1 Å². The van der Waals surface area contributed by atoms with Crippen molar-refractivity contribution >= 4 is 0 Å². The Bertz CT molecular complexity index is 569. The Morgan fingerprint density at radius 1 is 1.19 bits per heavy atom. The van der Waals surface area contributed by atoms with Crippen molar-refractivity contribution < 1.29 is 4.74 Å². The standard InChI is InChI=1S/C18H24N2O/c1-4-11-19-16(18-14(2)8-7-12-20-18)13-15-9-5-6-10-17(15)21-3/h5-10,12,16,19H,4,11,13H2,1-3H3. The highest BCUT2D eigenvalue weighted by Gasteiger charge is 2.16. The molecule has 0 spiro atoms. The first kappa shape index (κ1) is 15.5. The highest BCUT2D eigenvalue weighted by Crippen LogP contribution is 2.25. The minimum Gasteiger partial charge on any atom is -0.496 e. The maximum absolute atomic E-state index is 5.47. The molecule has 2 aromatic rings. The number of benzene rings is 1. The molecule has 0 radical (unpaired) electrons. The molecule has 0 saturated carbocycles. The first-order valence-electron chi connectivity index (χ1n) is 7.53. The zero-order valence-corrected chi connectivity index (χ0v) is 13.1. The molecule has 0 amide bonds. The van der Waals surface area contributed by atoms with Crippen LogP contribution < -0.4 is 10.1 Å². The van der Waals surface area contributed by atoms with Crippen molar-refractivity contribution in [3.05, 3.63) is 59.4 Å². The third-order valence-corrected chi connectivity index (χ3v) is 3.64. The Morgan fingerprint density at radius 2 is 2.00 bits per heavy atom. The summed E-state index contributed by atoms with van der Waals surface area (Å²) in [6.45, 7) is 5.28. The van der Waals surface area contributed by atoms with Crippen molar-refractivity contribution in [2.24, 2.45) is 0 Å². The average molecular weight is 284 g/mol. The molecule has 1 atom stereocenters. The van der Waals surface area contributed by atoms with E-state index in [1.165, 1.54) is 11.1 Å². The van der Waals surface area contributed by atoms with Gasteiger partial charge in [0, 0.05) is 6.20 Å². The van der Waals surface area contributed by atoms with E-state index in [2.05, 4.69) is 42.3 Å². The van der Waals surface area contributed by atoms with Crippen LogP contribution in [0.3, 0.4) is 0 Å². The van der Waals surface area contributed by atoms with Gasteiger partial charge < -0.3 is 10.1 Å². The van der Waals surface area contributed by atoms with Crippen molar-refractivity contribution in [3.8, 4) is 5.75 Å². The van der Waals surface area contributed by atoms with E-state index >= 15 is 0 Å². The summed E-state index contributed by atoms with van der Waals surface area (Å²) >= 11 is 0. The van der Waals surface area contributed by atoms with Crippen LogP contribution in [-0.4, -0.2) is 18.6 Å². The van der Waals surface area contributed by atoms with Crippen LogP contribution >= 0.6 is 0 Å². The Kier molecular flexibility index (Phi) is 5.76. The maximum atomic E-state index is 5.47. The predicted molar refractivity (Wildman–Crippen MR) is 86.7 cm³/mol. The quantitative estimate of drug-likeness (QED) is 0.842. The minimum absolute atomic E-state index is 0.211. The van der Waals surface area contributed by atoms with Gasteiger partial charge in [-0.05, 0) is 49.6 Å². The zero-order chi connectivity index (χ0) is 15.1. The summed E-state index contributed by atoms with van der Waals surface area (Å²) in [7, 11) is 1.72. The normalized spacial score (nSPS) is 12.1. The van der Waals surface area contributed by atoms with Crippen molar-refractivity contribution in [1.29, 1.82) is 0 Å². The van der Waals surface area contributed by atoms with Crippen molar-refractivity contribution in [3.63, 3.8) is 0 Å². The van der Waals surface area contributed by atoms with E-state index in [1.807, 2.05) is 24.4 Å². The largest absolute Gasteiger partial charge is 0.496 e. The van der Waals surface area contributed by atoms with Gasteiger partial charge >= 0.3 is 0 Å². The summed E-state index contributed by atoms with van der Waals surface area (Å²) in [6.07, 6.45) is 3.85. The molecule has 0 aliphatic rings. The molecule has 112 valence electrons. The molecule has 3 heteroatoms. The fraction of sp³-hybridized carbons (Fsp3) is 0.389. The van der Waals surface area contributed by atoms with E-state index in [9.17, 15) is 0 Å². The molecule has 3 nitrogen and oxygen atoms in total. The summed E-state index contributed by atoms with van der Waals surface area (Å²) in [5.74, 6) is 0.939. The van der Waals surface area contributed by atoms with Gasteiger partial charge in [0.2, 0.25) is 0 Å². The van der Waals surface area contributed by atoms with Gasteiger partial charge in [0.15, 0.2) is 0 Å². The van der Waals surface area contributed by atoms with Crippen molar-refractivity contribution in [1.82, 2.24) is 10.3 Å². The molecule has 1 N–H and O–H groups in total. The van der Waals surface area contributed by atoms with E-state index < -0.39 is 0 Å². The van der Waals surface area contributed by atoms with E-state index in [0.29, 0.717) is 0 Å². The van der Waals surface area contributed by atoms with Gasteiger partial charge in [0.25, 0.3) is 0 Å². The third kappa shape index (κ3) is 4.05. The molecule has 1 aromatic heterocycles. The number of aryl methyl sites for hydroxylation is 1. The lowest BCUT2D eigenvalue weighted by Crippen LogP contribution is -2.26. The number of para-hydroxylation sites is 1. The van der Waals surface area contributed by atoms with Crippen LogP contribution in [0.1, 0.15) is 36.2 Å². The minimum atomic E-state index is 0.211. The van der Waals surface area contributed by atoms with Crippen LogP contribution in [0.5, 0.6) is 5.75 Å². The summed E-state index contributed by atoms with van der Waals surface area (Å²) in [6, 6.07) is 12.5. The van der Waals surface area contributed by atoms with E-state index in [4.69, 9.17) is 4.74 Å². The van der Waals surface area contributed by atoms with Crippen LogP contribution in [0.25, 0.3) is 0 Å². The second-order valence-electron chi connectivity index (χ2n) is 5.23. The van der Waals surface area contributed by atoms with Crippen LogP contribution in [0.4, 0.5) is 0 Å². The Morgan fingerprint density at radius 3 is 2.71 bits per heavy atom. The molecule has 0 aliphatic heterocycles. The molecular formula is C18H24N2O. The second-order valence-corrected chi connectivity index (χ2v) is 5.23. The maximum Gasteiger partial charge on any atom is 0.122 e. The first-order chi connectivity index (χ1) is 10.3. The molecule has 1 aromatic carbocycles. The fourth-order valence-electron chi connectivity index (χ4n) is 2.54. The van der Waals surface area contributed by atoms with Crippen molar-refractivity contribution in [2.45, 2.75) is 32.7 Å². The third-order valence-electron chi connectivity index (χ3n) is 3.64. The smallest absolute Gasteiger partial charge is 0.122 e. The first-order valence-corrected chi connectivity index (χ1v) is 7.53. The fourth-order valence-corrected chi connectivity index (χ4v) is 2.54. The highest BCUT2D eigenvalue weighted by molar-refractivity contribution is 5.35. The molecule has 0 fully saturated rings. The van der Waals surface area contributed by atoms with Gasteiger partial charge in [0.1, 0.15) is 5.75 Å². The molecule has 0 bridgehead atoms. The van der Waals surface area contributed by atoms with Gasteiger partial charge in [-0.25, -0.2) is 0 Å². The van der Waals surface area contributed by atoms with Gasteiger partial charge in [-0.1, -0.05) is 31.2 Å². The van der Waals surface area contributed by atoms with Gasteiger partial charge in [-0.2, -0.15) is 0 Å². The number of nitrogens with zero attached hydrogens (tertiary/aromatic N) is 1. The van der Waals surface area contributed by atoms with E-state index in [1.54, 1.807) is 7.11 Å². The number of pyridine rings is 1. The number of ether oxygens (including phenoxy) is 1. The number of rotatable bonds is 7. The highest BCUT2D eigenvalue weighted by atomic mass is 16.5. The van der Waals surface area contributed by atoms with Gasteiger partial charge in [-0.3, -0.25) is 4.98 Å². The summed E-state index contributed by atoms with van der Waals surface area (Å²) in [5, 5.41) is 3.61. The Labute approximate surface area is 127 Å². The molecule has 1 unspecified atom stereocenters. The average Bonchev–Trinajstić information content (AvgIpc) is 2.52. The van der Waals surface area contributed by atoms with E-state index in [0.717, 1.165) is 30.8 Å². The lowest BCUT2D eigenvalue weighted by Gasteiger charge is -2.21. The molecule has 0 saturated heterocycles. The van der Waals surface area contributed by atoms with Crippen LogP contribution in [0.15, 0.2) is 42.6 Å². The van der Waals surface area contributed by atoms with Crippen LogP contribution in [0.2, 0.25) is 0 Å². The van der Waals surface area contributed by atoms with Gasteiger partial charge in [0.05, 0.1) is 18.8 Å². The Balaban J connectivity index is 2.26. The summed E-state index contributed by atoms with van der Waals surface area (Å²) in [4.78, 5) is 4.58. The molecule has 21 heavy (non-hydrogen) atoms. The number of hydrogen-bond acceptors (Lipinski definition) is 3.